The third kappa shape index (κ3) is 13.7. The van der Waals surface area contributed by atoms with Crippen molar-refractivity contribution in [2.75, 3.05) is 27.8 Å². The minimum Gasteiger partial charge on any atom is -0.379 e. The number of Topliss-reactive ketones (excluding diaryl/α,β-unsaturated/α-hetero) is 2. The molecule has 1 aliphatic carbocycles. The van der Waals surface area contributed by atoms with Gasteiger partial charge in [-0.25, -0.2) is 0 Å². The fraction of sp³-hybridized carbons (Fsp3) is 0.604. The fourth-order valence-corrected chi connectivity index (χ4v) is 9.56. The molecule has 2 N–H and O–H groups in total. The Morgan fingerprint density at radius 3 is 2.13 bits per heavy atom. The maximum atomic E-state index is 14.3. The molecule has 9 atom stereocenters. The number of hydrogen-bond acceptors (Lipinski definition) is 7. The van der Waals surface area contributed by atoms with Crippen LogP contribution in [0.3, 0.4) is 0 Å². The highest BCUT2D eigenvalue weighted by Gasteiger charge is 2.51. The van der Waals surface area contributed by atoms with Crippen molar-refractivity contribution >= 4 is 29.5 Å². The first-order chi connectivity index (χ1) is 29.6. The Balaban J connectivity index is 1.44. The van der Waals surface area contributed by atoms with Gasteiger partial charge in [0, 0.05) is 45.1 Å². The van der Waals surface area contributed by atoms with Crippen LogP contribution in [0.1, 0.15) is 118 Å². The molecule has 2 amide bonds. The van der Waals surface area contributed by atoms with Crippen LogP contribution in [0.4, 0.5) is 0 Å². The molecule has 0 radical (unpaired) electrons. The normalized spacial score (nSPS) is 21.5. The molecule has 9 heteroatoms. The van der Waals surface area contributed by atoms with Crippen molar-refractivity contribution in [2.24, 2.45) is 35.0 Å². The lowest BCUT2D eigenvalue weighted by Gasteiger charge is -2.35. The lowest BCUT2D eigenvalue weighted by molar-refractivity contribution is -0.140. The van der Waals surface area contributed by atoms with E-state index < -0.39 is 24.3 Å². The summed E-state index contributed by atoms with van der Waals surface area (Å²) in [5, 5.41) is 6.05. The van der Waals surface area contributed by atoms with Gasteiger partial charge in [0.15, 0.2) is 5.78 Å². The second-order valence-electron chi connectivity index (χ2n) is 18.8. The summed E-state index contributed by atoms with van der Waals surface area (Å²) < 4.78 is 12.1. The summed E-state index contributed by atoms with van der Waals surface area (Å²) in [5.74, 6) is -0.0673. The Kier molecular flexibility index (Phi) is 19.6. The van der Waals surface area contributed by atoms with Gasteiger partial charge < -0.3 is 25.0 Å². The first-order valence-corrected chi connectivity index (χ1v) is 23.2. The number of hydrogen-bond donors (Lipinski definition) is 2. The quantitative estimate of drug-likeness (QED) is 0.0959. The van der Waals surface area contributed by atoms with Gasteiger partial charge in [0.25, 0.3) is 0 Å². The van der Waals surface area contributed by atoms with Gasteiger partial charge in [0.05, 0.1) is 36.8 Å². The zero-order valence-electron chi connectivity index (χ0n) is 39.7. The summed E-state index contributed by atoms with van der Waals surface area (Å²) in [6.07, 6.45) is 9.58. The maximum Gasteiger partial charge on any atom is 0.237 e. The number of nitrogens with one attached hydrogen (secondary N) is 2. The molecule has 2 unspecified atom stereocenters. The lowest BCUT2D eigenvalue weighted by atomic mass is 9.87. The molecule has 340 valence electrons. The van der Waals surface area contributed by atoms with Crippen LogP contribution in [0.5, 0.6) is 0 Å². The van der Waals surface area contributed by atoms with E-state index in [-0.39, 0.29) is 71.4 Å². The van der Waals surface area contributed by atoms with Gasteiger partial charge >= 0.3 is 0 Å². The minimum absolute atomic E-state index is 0.0252. The number of benzene rings is 2. The molecule has 1 saturated carbocycles. The van der Waals surface area contributed by atoms with Crippen molar-refractivity contribution in [2.45, 2.75) is 144 Å². The number of carbonyl (C=O) groups excluding carboxylic acids is 4. The molecular formula is C53H77N3O6. The number of nitrogens with zero attached hydrogens (tertiary/aromatic N) is 1. The van der Waals surface area contributed by atoms with Gasteiger partial charge in [-0.3, -0.25) is 19.2 Å². The molecule has 0 aromatic heterocycles. The third-order valence-corrected chi connectivity index (χ3v) is 13.6. The number of ether oxygens (including phenoxy) is 2. The summed E-state index contributed by atoms with van der Waals surface area (Å²) in [7, 11) is 5.03. The first-order valence-electron chi connectivity index (χ1n) is 23.2. The summed E-state index contributed by atoms with van der Waals surface area (Å²) in [6.45, 7) is 16.4. The smallest absolute Gasteiger partial charge is 0.237 e. The molecule has 62 heavy (non-hydrogen) atoms. The summed E-state index contributed by atoms with van der Waals surface area (Å²) in [5.41, 5.74) is 7.60. The van der Waals surface area contributed by atoms with Crippen LogP contribution in [0.25, 0.3) is 6.08 Å². The van der Waals surface area contributed by atoms with Crippen LogP contribution < -0.4 is 10.6 Å². The van der Waals surface area contributed by atoms with E-state index in [1.54, 1.807) is 21.3 Å². The number of likely N-dealkylation sites (tertiary alicyclic amines) is 1. The number of rotatable bonds is 25. The third-order valence-electron chi connectivity index (χ3n) is 13.6. The maximum absolute atomic E-state index is 14.3. The molecule has 2 aliphatic rings. The highest BCUT2D eigenvalue weighted by Crippen LogP contribution is 2.58. The largest absolute Gasteiger partial charge is 0.379 e. The van der Waals surface area contributed by atoms with E-state index >= 15 is 0 Å². The summed E-state index contributed by atoms with van der Waals surface area (Å²) in [6, 6.07) is 19.8. The Morgan fingerprint density at radius 1 is 0.903 bits per heavy atom. The Labute approximate surface area is 373 Å². The average molecular weight is 852 g/mol. The van der Waals surface area contributed by atoms with Gasteiger partial charge in [0.1, 0.15) is 5.78 Å². The molecule has 2 aromatic carbocycles. The summed E-state index contributed by atoms with van der Waals surface area (Å²) >= 11 is 0. The standard InChI is InChI=1S/C53H77N3O6/c1-12-38(7)43(30-37(6)31-46(58)49(35(2)3)55-52(60)50(54-9)36(4)5)47(61-10)32-48(59)56-29-19-24-44(56)51(62-11)39(8)45(57)26-25-42-34-53(42,33-41-22-17-14-18-23-41)28-27-40-20-15-13-16-21-40/h13-18,20-23,27-28,35-36,38-39,42,44,47,49-51,54H,12,19,24-26,29,31-34H2,1-11H3,(H,55,60)/b28-27+/t30?,38-,39-,42?,44?,47+,49-,50-,51+,53-/m0/s1. The predicted octanol–water partition coefficient (Wildman–Crippen LogP) is 9.21. The Morgan fingerprint density at radius 2 is 1.55 bits per heavy atom. The Bertz CT molecular complexity index is 1870. The van der Waals surface area contributed by atoms with E-state index in [0.717, 1.165) is 49.7 Å². The summed E-state index contributed by atoms with van der Waals surface area (Å²) in [4.78, 5) is 56.9. The molecule has 2 fully saturated rings. The van der Waals surface area contributed by atoms with Crippen molar-refractivity contribution in [3.8, 4) is 0 Å². The van der Waals surface area contributed by atoms with E-state index in [4.69, 9.17) is 9.47 Å². The van der Waals surface area contributed by atoms with E-state index in [1.807, 2.05) is 52.5 Å². The number of ketones is 2. The number of methoxy groups -OCH3 is 2. The van der Waals surface area contributed by atoms with E-state index in [2.05, 4.69) is 97.0 Å². The predicted molar refractivity (Wildman–Crippen MR) is 250 cm³/mol. The van der Waals surface area contributed by atoms with Gasteiger partial charge in [0.2, 0.25) is 11.8 Å². The first kappa shape index (κ1) is 50.5. The van der Waals surface area contributed by atoms with Crippen LogP contribution in [-0.2, 0) is 35.1 Å². The highest BCUT2D eigenvalue weighted by molar-refractivity contribution is 5.92. The number of amides is 2. The SMILES string of the molecule is CC[C@H](C)C(=C=C(C)CC(=O)[C@@H](NC(=O)[C@@H](NC)C(C)C)C(C)C)[C@@H](CC(=O)N1CCCC1[C@H](OC)[C@@H](C)C(=O)CCC1C[C@]1(/C=C/c1ccccc1)Cc1ccccc1)OC. The van der Waals surface area contributed by atoms with Gasteiger partial charge in [-0.05, 0) is 98.3 Å². The number of allylic oxidation sites excluding steroid dienone is 1. The van der Waals surface area contributed by atoms with Crippen molar-refractivity contribution < 1.29 is 28.7 Å². The van der Waals surface area contributed by atoms with E-state index in [1.165, 1.54) is 11.1 Å². The zero-order chi connectivity index (χ0) is 45.6. The van der Waals surface area contributed by atoms with Crippen LogP contribution in [0.2, 0.25) is 0 Å². The van der Waals surface area contributed by atoms with Crippen molar-refractivity contribution in [1.29, 1.82) is 0 Å². The minimum atomic E-state index is -0.639. The molecule has 1 heterocycles. The lowest BCUT2D eigenvalue weighted by Crippen LogP contribution is -2.53. The number of likely N-dealkylation sites (N-methyl/N-ethyl adjacent to an activating group) is 1. The molecule has 0 bridgehead atoms. The number of carbonyl (C=O) groups is 4. The Hall–Kier alpha value is -4.14. The topological polar surface area (TPSA) is 114 Å². The van der Waals surface area contributed by atoms with Crippen molar-refractivity contribution in [1.82, 2.24) is 15.5 Å². The van der Waals surface area contributed by atoms with Gasteiger partial charge in [-0.2, -0.15) is 0 Å². The van der Waals surface area contributed by atoms with E-state index in [9.17, 15) is 19.2 Å². The van der Waals surface area contributed by atoms with E-state index in [0.29, 0.717) is 18.9 Å². The van der Waals surface area contributed by atoms with Crippen molar-refractivity contribution in [3.05, 3.63) is 94.7 Å². The fourth-order valence-electron chi connectivity index (χ4n) is 9.56. The second kappa shape index (κ2) is 24.1. The molecule has 1 aliphatic heterocycles. The van der Waals surface area contributed by atoms with Crippen LogP contribution in [-0.4, -0.2) is 86.4 Å². The van der Waals surface area contributed by atoms with Crippen LogP contribution in [0.15, 0.2) is 83.6 Å². The highest BCUT2D eigenvalue weighted by atomic mass is 16.5. The molecule has 9 nitrogen and oxygen atoms in total. The zero-order valence-corrected chi connectivity index (χ0v) is 39.7. The molecule has 0 spiro atoms. The van der Waals surface area contributed by atoms with Gasteiger partial charge in [-0.15, -0.1) is 5.73 Å². The van der Waals surface area contributed by atoms with Crippen LogP contribution in [0, 0.1) is 35.0 Å². The molecule has 4 rings (SSSR count). The van der Waals surface area contributed by atoms with Crippen LogP contribution >= 0.6 is 0 Å². The average Bonchev–Trinajstić information content (AvgIpc) is 3.70. The molecular weight excluding hydrogens is 775 g/mol. The second-order valence-corrected chi connectivity index (χ2v) is 18.8. The molecule has 2 aromatic rings. The van der Waals surface area contributed by atoms with Crippen molar-refractivity contribution in [3.63, 3.8) is 0 Å². The molecule has 1 saturated heterocycles. The monoisotopic (exact) mass is 852 g/mol. The van der Waals surface area contributed by atoms with Gasteiger partial charge in [-0.1, -0.05) is 121 Å².